The summed E-state index contributed by atoms with van der Waals surface area (Å²) in [6.45, 7) is 1.92. The zero-order valence-corrected chi connectivity index (χ0v) is 20.0. The van der Waals surface area contributed by atoms with Crippen LogP contribution in [0.4, 0.5) is 11.5 Å². The van der Waals surface area contributed by atoms with E-state index in [-0.39, 0.29) is 23.6 Å². The first kappa shape index (κ1) is 22.0. The van der Waals surface area contributed by atoms with E-state index in [1.165, 1.54) is 15.3 Å². The summed E-state index contributed by atoms with van der Waals surface area (Å²) in [5, 5.41) is 16.0. The van der Waals surface area contributed by atoms with Crippen LogP contribution in [0.2, 0.25) is 0 Å². The molecule has 0 unspecified atom stereocenters. The van der Waals surface area contributed by atoms with Crippen molar-refractivity contribution in [3.8, 4) is 5.82 Å². The molecule has 5 heterocycles. The number of hydrogen-bond acceptors (Lipinski definition) is 7. The fourth-order valence-corrected chi connectivity index (χ4v) is 4.49. The highest BCUT2D eigenvalue weighted by Crippen LogP contribution is 2.27. The molecule has 1 aliphatic rings. The van der Waals surface area contributed by atoms with Gasteiger partial charge in [0.25, 0.3) is 11.5 Å². The second-order valence-electron chi connectivity index (χ2n) is 8.91. The lowest BCUT2D eigenvalue weighted by molar-refractivity contribution is 0.00718. The average Bonchev–Trinajstić information content (AvgIpc) is 3.57. The van der Waals surface area contributed by atoms with Crippen molar-refractivity contribution >= 4 is 34.0 Å². The molecule has 1 amide bonds. The Kier molecular flexibility index (Phi) is 5.11. The van der Waals surface area contributed by atoms with Gasteiger partial charge in [-0.15, -0.1) is 5.10 Å². The number of aryl methyl sites for hydroxylation is 2. The first-order valence-corrected chi connectivity index (χ1v) is 11.6. The van der Waals surface area contributed by atoms with Gasteiger partial charge >= 0.3 is 0 Å². The third-order valence-corrected chi connectivity index (χ3v) is 6.77. The second kappa shape index (κ2) is 8.34. The van der Waals surface area contributed by atoms with Crippen molar-refractivity contribution in [3.63, 3.8) is 0 Å². The Morgan fingerprint density at radius 2 is 2.11 bits per heavy atom. The number of aromatic amines is 1. The Bertz CT molecular complexity index is 1650. The molecule has 5 aromatic rings. The first-order chi connectivity index (χ1) is 17.4. The van der Waals surface area contributed by atoms with E-state index in [4.69, 9.17) is 4.74 Å². The number of pyridine rings is 1. The molecule has 5 aromatic heterocycles. The van der Waals surface area contributed by atoms with Crippen molar-refractivity contribution in [3.05, 3.63) is 64.6 Å². The van der Waals surface area contributed by atoms with Crippen LogP contribution in [0.5, 0.6) is 0 Å². The molecule has 184 valence electrons. The van der Waals surface area contributed by atoms with Crippen molar-refractivity contribution in [2.24, 2.45) is 7.05 Å². The maximum atomic E-state index is 13.3. The summed E-state index contributed by atoms with van der Waals surface area (Å²) in [6.07, 6.45) is 6.72. The number of rotatable bonds is 6. The van der Waals surface area contributed by atoms with Crippen molar-refractivity contribution in [2.45, 2.75) is 31.9 Å². The standard InChI is InChI=1S/C24H25N9O3/c1-13-11-19(29-31(13)2)32-10-4-5-16(24(32)35)27-21-14-8-9-25-20(14)22-26-12-17(33(22)30-21)23(34)28-15-6-7-18(15)36-3/h4-5,8-12,15,18,25H,6-7H2,1-3H3,(H,27,30)(H,28,34)/t15-,18-/m1/s1. The highest BCUT2D eigenvalue weighted by Gasteiger charge is 2.33. The minimum Gasteiger partial charge on any atom is -0.379 e. The lowest BCUT2D eigenvalue weighted by atomic mass is 9.89. The van der Waals surface area contributed by atoms with E-state index in [2.05, 4.69) is 30.8 Å². The minimum atomic E-state index is -0.286. The summed E-state index contributed by atoms with van der Waals surface area (Å²) < 4.78 is 10.1. The Morgan fingerprint density at radius 1 is 1.25 bits per heavy atom. The number of nitrogens with zero attached hydrogens (tertiary/aromatic N) is 6. The Balaban J connectivity index is 1.39. The number of carbonyl (C=O) groups is 1. The van der Waals surface area contributed by atoms with Crippen LogP contribution in [-0.2, 0) is 11.8 Å². The summed E-state index contributed by atoms with van der Waals surface area (Å²) in [7, 11) is 3.47. The number of ether oxygens (including phenoxy) is 1. The van der Waals surface area contributed by atoms with Crippen molar-refractivity contribution < 1.29 is 9.53 Å². The van der Waals surface area contributed by atoms with E-state index in [0.29, 0.717) is 34.2 Å². The van der Waals surface area contributed by atoms with Gasteiger partial charge in [-0.05, 0) is 38.0 Å². The summed E-state index contributed by atoms with van der Waals surface area (Å²) >= 11 is 0. The molecule has 0 spiro atoms. The van der Waals surface area contributed by atoms with E-state index < -0.39 is 0 Å². The number of imidazole rings is 1. The van der Waals surface area contributed by atoms with Gasteiger partial charge in [0.05, 0.1) is 23.9 Å². The third-order valence-electron chi connectivity index (χ3n) is 6.77. The summed E-state index contributed by atoms with van der Waals surface area (Å²) in [4.78, 5) is 34.0. The Hall–Kier alpha value is -4.45. The molecule has 0 aliphatic heterocycles. The molecular formula is C24H25N9O3. The highest BCUT2D eigenvalue weighted by molar-refractivity contribution is 6.01. The molecule has 6 rings (SSSR count). The normalized spacial score (nSPS) is 17.4. The number of anilines is 2. The van der Waals surface area contributed by atoms with Gasteiger partial charge in [-0.25, -0.2) is 9.50 Å². The lowest BCUT2D eigenvalue weighted by Gasteiger charge is -2.35. The van der Waals surface area contributed by atoms with Gasteiger partial charge in [-0.3, -0.25) is 18.8 Å². The monoisotopic (exact) mass is 487 g/mol. The average molecular weight is 488 g/mol. The maximum absolute atomic E-state index is 13.3. The van der Waals surface area contributed by atoms with E-state index >= 15 is 0 Å². The summed E-state index contributed by atoms with van der Waals surface area (Å²) in [5.74, 6) is 0.653. The summed E-state index contributed by atoms with van der Waals surface area (Å²) in [5.41, 5.74) is 2.47. The van der Waals surface area contributed by atoms with Crippen LogP contribution in [0.3, 0.4) is 0 Å². The Labute approximate surface area is 204 Å². The van der Waals surface area contributed by atoms with Crippen LogP contribution >= 0.6 is 0 Å². The molecule has 0 saturated heterocycles. The van der Waals surface area contributed by atoms with Crippen molar-refractivity contribution in [2.75, 3.05) is 12.4 Å². The van der Waals surface area contributed by atoms with E-state index in [9.17, 15) is 9.59 Å². The zero-order valence-electron chi connectivity index (χ0n) is 20.0. The van der Waals surface area contributed by atoms with E-state index in [0.717, 1.165) is 23.9 Å². The second-order valence-corrected chi connectivity index (χ2v) is 8.91. The summed E-state index contributed by atoms with van der Waals surface area (Å²) in [6, 6.07) is 7.09. The van der Waals surface area contributed by atoms with Crippen LogP contribution in [-0.4, -0.2) is 59.1 Å². The molecule has 12 heteroatoms. The van der Waals surface area contributed by atoms with Crippen LogP contribution < -0.4 is 16.2 Å². The number of hydrogen-bond donors (Lipinski definition) is 3. The van der Waals surface area contributed by atoms with Gasteiger partial charge in [0.2, 0.25) is 0 Å². The van der Waals surface area contributed by atoms with E-state index in [1.54, 1.807) is 36.3 Å². The van der Waals surface area contributed by atoms with Gasteiger partial charge in [0, 0.05) is 43.7 Å². The van der Waals surface area contributed by atoms with Crippen LogP contribution in [0.25, 0.3) is 22.4 Å². The predicted molar refractivity (Wildman–Crippen MR) is 133 cm³/mol. The van der Waals surface area contributed by atoms with Gasteiger partial charge in [0.15, 0.2) is 23.0 Å². The minimum absolute atomic E-state index is 0.0107. The van der Waals surface area contributed by atoms with Crippen molar-refractivity contribution in [1.82, 2.24) is 39.2 Å². The number of carbonyl (C=O) groups excluding carboxylic acids is 1. The predicted octanol–water partition coefficient (Wildman–Crippen LogP) is 2.05. The van der Waals surface area contributed by atoms with Gasteiger partial charge in [0.1, 0.15) is 5.69 Å². The molecule has 1 fully saturated rings. The lowest BCUT2D eigenvalue weighted by Crippen LogP contribution is -2.51. The molecule has 3 N–H and O–H groups in total. The fraction of sp³-hybridized carbons (Fsp3) is 0.292. The number of fused-ring (bicyclic) bond motifs is 3. The molecular weight excluding hydrogens is 462 g/mol. The number of methoxy groups -OCH3 is 1. The SMILES string of the molecule is CO[C@@H]1CC[C@H]1NC(=O)c1cnc2c3[nH]ccc3c(Nc3cccn(-c4cc(C)n(C)n4)c3=O)nn12. The van der Waals surface area contributed by atoms with Crippen molar-refractivity contribution in [1.29, 1.82) is 0 Å². The molecule has 12 nitrogen and oxygen atoms in total. The molecule has 1 saturated carbocycles. The molecule has 0 radical (unpaired) electrons. The number of amides is 1. The molecule has 0 aromatic carbocycles. The third kappa shape index (κ3) is 3.45. The quantitative estimate of drug-likeness (QED) is 0.333. The first-order valence-electron chi connectivity index (χ1n) is 11.6. The van der Waals surface area contributed by atoms with Crippen LogP contribution in [0.1, 0.15) is 29.0 Å². The van der Waals surface area contributed by atoms with Gasteiger partial charge < -0.3 is 20.4 Å². The van der Waals surface area contributed by atoms with E-state index in [1.807, 2.05) is 26.1 Å². The molecule has 36 heavy (non-hydrogen) atoms. The number of aromatic nitrogens is 7. The molecule has 1 aliphatic carbocycles. The largest absolute Gasteiger partial charge is 0.379 e. The number of H-pyrrole nitrogens is 1. The topological polar surface area (TPSA) is 136 Å². The van der Waals surface area contributed by atoms with Gasteiger partial charge in [-0.2, -0.15) is 5.10 Å². The number of nitrogens with one attached hydrogen (secondary N) is 3. The van der Waals surface area contributed by atoms with Gasteiger partial charge in [-0.1, -0.05) is 0 Å². The highest BCUT2D eigenvalue weighted by atomic mass is 16.5. The smallest absolute Gasteiger partial charge is 0.280 e. The fourth-order valence-electron chi connectivity index (χ4n) is 4.49. The molecule has 0 bridgehead atoms. The maximum Gasteiger partial charge on any atom is 0.280 e. The molecule has 2 atom stereocenters. The van der Waals surface area contributed by atoms with Crippen LogP contribution in [0.15, 0.2) is 47.7 Å². The Morgan fingerprint density at radius 3 is 2.83 bits per heavy atom. The zero-order chi connectivity index (χ0) is 25.0. The van der Waals surface area contributed by atoms with Crippen LogP contribution in [0, 0.1) is 6.92 Å².